The second kappa shape index (κ2) is 46.6. The van der Waals surface area contributed by atoms with Crippen LogP contribution in [0, 0.1) is 0 Å². The Labute approximate surface area is 365 Å². The molecule has 59 heavy (non-hydrogen) atoms. The Bertz CT molecular complexity index is 1060. The van der Waals surface area contributed by atoms with Gasteiger partial charge in [0.05, 0.1) is 25.2 Å². The number of carbonyl (C=O) groups is 2. The van der Waals surface area contributed by atoms with Gasteiger partial charge in [0.15, 0.2) is 0 Å². The minimum atomic E-state index is -0.798. The van der Waals surface area contributed by atoms with Crippen LogP contribution in [0.15, 0.2) is 60.8 Å². The van der Waals surface area contributed by atoms with Gasteiger partial charge in [-0.3, -0.25) is 9.59 Å². The molecule has 0 aliphatic rings. The average molecular weight is 826 g/mol. The second-order valence-electron chi connectivity index (χ2n) is 17.0. The van der Waals surface area contributed by atoms with Gasteiger partial charge < -0.3 is 20.3 Å². The number of hydrogen-bond acceptors (Lipinski definition) is 5. The fourth-order valence-electron chi connectivity index (χ4n) is 7.46. The van der Waals surface area contributed by atoms with Gasteiger partial charge >= 0.3 is 5.97 Å². The summed E-state index contributed by atoms with van der Waals surface area (Å²) in [7, 11) is 0. The first-order valence-corrected chi connectivity index (χ1v) is 25.1. The molecule has 0 aromatic heterocycles. The van der Waals surface area contributed by atoms with E-state index >= 15 is 0 Å². The van der Waals surface area contributed by atoms with E-state index in [0.29, 0.717) is 25.7 Å². The third-order valence-corrected chi connectivity index (χ3v) is 11.2. The number of esters is 1. The topological polar surface area (TPSA) is 95.9 Å². The Morgan fingerprint density at radius 3 is 1.32 bits per heavy atom. The van der Waals surface area contributed by atoms with Crippen molar-refractivity contribution in [3.63, 3.8) is 0 Å². The van der Waals surface area contributed by atoms with E-state index in [2.05, 4.69) is 38.2 Å². The quantitative estimate of drug-likeness (QED) is 0.0323. The minimum Gasteiger partial charge on any atom is -0.462 e. The molecule has 342 valence electrons. The summed E-state index contributed by atoms with van der Waals surface area (Å²) in [5.74, 6) is -0.558. The monoisotopic (exact) mass is 826 g/mol. The van der Waals surface area contributed by atoms with E-state index in [-0.39, 0.29) is 24.9 Å². The Morgan fingerprint density at radius 2 is 0.898 bits per heavy atom. The van der Waals surface area contributed by atoms with Gasteiger partial charge in [0.1, 0.15) is 6.10 Å². The van der Waals surface area contributed by atoms with Gasteiger partial charge in [-0.1, -0.05) is 248 Å². The summed E-state index contributed by atoms with van der Waals surface area (Å²) in [4.78, 5) is 26.1. The summed E-state index contributed by atoms with van der Waals surface area (Å²) in [5, 5.41) is 23.7. The predicted molar refractivity (Wildman–Crippen MR) is 255 cm³/mol. The van der Waals surface area contributed by atoms with E-state index in [1.807, 2.05) is 48.6 Å². The Kier molecular flexibility index (Phi) is 44.7. The summed E-state index contributed by atoms with van der Waals surface area (Å²) >= 11 is 0. The van der Waals surface area contributed by atoms with Crippen LogP contribution in [0.1, 0.15) is 239 Å². The van der Waals surface area contributed by atoms with Crippen LogP contribution in [0.2, 0.25) is 0 Å². The van der Waals surface area contributed by atoms with E-state index in [9.17, 15) is 19.8 Å². The summed E-state index contributed by atoms with van der Waals surface area (Å²) in [6.07, 6.45) is 57.2. The molecule has 0 aromatic carbocycles. The van der Waals surface area contributed by atoms with Crippen LogP contribution in [-0.4, -0.2) is 46.9 Å². The Morgan fingerprint density at radius 1 is 0.508 bits per heavy atom. The van der Waals surface area contributed by atoms with Crippen molar-refractivity contribution in [2.24, 2.45) is 0 Å². The van der Waals surface area contributed by atoms with E-state index in [0.717, 1.165) is 51.4 Å². The van der Waals surface area contributed by atoms with Crippen LogP contribution >= 0.6 is 0 Å². The van der Waals surface area contributed by atoms with Crippen molar-refractivity contribution in [2.75, 3.05) is 6.61 Å². The van der Waals surface area contributed by atoms with Gasteiger partial charge in [-0.25, -0.2) is 0 Å². The van der Waals surface area contributed by atoms with Crippen molar-refractivity contribution >= 4 is 11.9 Å². The highest BCUT2D eigenvalue weighted by molar-refractivity contribution is 5.77. The van der Waals surface area contributed by atoms with Crippen molar-refractivity contribution in [1.82, 2.24) is 5.32 Å². The summed E-state index contributed by atoms with van der Waals surface area (Å²) in [6, 6.07) is -0.714. The van der Waals surface area contributed by atoms with E-state index in [1.54, 1.807) is 0 Å². The molecule has 0 saturated heterocycles. The van der Waals surface area contributed by atoms with Gasteiger partial charge in [0.2, 0.25) is 5.91 Å². The Balaban J connectivity index is 4.66. The molecule has 0 saturated carbocycles. The molecule has 0 fully saturated rings. The molecule has 3 N–H and O–H groups in total. The molecule has 3 atom stereocenters. The molecule has 0 spiro atoms. The second-order valence-corrected chi connectivity index (χ2v) is 17.0. The zero-order chi connectivity index (χ0) is 43.1. The maximum atomic E-state index is 13.2. The van der Waals surface area contributed by atoms with E-state index in [1.165, 1.54) is 135 Å². The third kappa shape index (κ3) is 42.1. The number of rotatable bonds is 44. The zero-order valence-corrected chi connectivity index (χ0v) is 38.9. The molecule has 0 aliphatic heterocycles. The largest absolute Gasteiger partial charge is 0.462 e. The molecule has 1 amide bonds. The first-order valence-electron chi connectivity index (χ1n) is 25.1. The normalized spacial score (nSPS) is 13.8. The lowest BCUT2D eigenvalue weighted by Gasteiger charge is -2.24. The van der Waals surface area contributed by atoms with Crippen molar-refractivity contribution in [2.45, 2.75) is 257 Å². The highest BCUT2D eigenvalue weighted by Crippen LogP contribution is 2.18. The fraction of sp³-hybridized carbons (Fsp3) is 0.774. The lowest BCUT2D eigenvalue weighted by atomic mass is 10.0. The SMILES string of the molecule is CC/C=C/C=C/C=C\C=C/C=C/CCCC(=O)OC(CCCCCCCCCCCCCCCCCCC)CC(=O)NC(CO)C(O)CCCCCCCCCCCC. The number of unbranched alkanes of at least 4 members (excludes halogenated alkanes) is 26. The van der Waals surface area contributed by atoms with Crippen LogP contribution in [0.25, 0.3) is 0 Å². The number of carbonyl (C=O) groups excluding carboxylic acids is 2. The van der Waals surface area contributed by atoms with Crippen LogP contribution in [0.4, 0.5) is 0 Å². The predicted octanol–water partition coefficient (Wildman–Crippen LogP) is 14.8. The lowest BCUT2D eigenvalue weighted by Crippen LogP contribution is -2.46. The molecular formula is C53H95NO5. The molecule has 3 unspecified atom stereocenters. The van der Waals surface area contributed by atoms with Crippen molar-refractivity contribution in [1.29, 1.82) is 0 Å². The highest BCUT2D eigenvalue weighted by Gasteiger charge is 2.24. The van der Waals surface area contributed by atoms with Crippen molar-refractivity contribution in [3.05, 3.63) is 60.8 Å². The first-order chi connectivity index (χ1) is 29.0. The lowest BCUT2D eigenvalue weighted by molar-refractivity contribution is -0.151. The minimum absolute atomic E-state index is 0.0500. The number of aliphatic hydroxyl groups is 2. The maximum Gasteiger partial charge on any atom is 0.306 e. The standard InChI is InChI=1S/C53H95NO5/c1-4-7-10-13-16-19-22-24-25-26-27-29-30-32-35-38-41-44-49(59-53(58)46-43-40-37-34-31-28-23-20-17-14-11-8-5-2)47-52(57)54-50(48-55)51(56)45-42-39-36-33-21-18-15-12-9-6-3/h8,11,14,17,20,23,28,31,34,37,49-51,55-56H,4-7,9-10,12-13,15-16,18-19,21-22,24-27,29-30,32-33,35-36,38-48H2,1-3H3,(H,54,57)/b11-8+,17-14+,23-20-,31-28-,37-34+. The van der Waals surface area contributed by atoms with E-state index in [4.69, 9.17) is 4.74 Å². The Hall–Kier alpha value is -2.44. The van der Waals surface area contributed by atoms with Gasteiger partial charge in [-0.05, 0) is 38.5 Å². The smallest absolute Gasteiger partial charge is 0.306 e. The summed E-state index contributed by atoms with van der Waals surface area (Å²) in [6.45, 7) is 6.32. The highest BCUT2D eigenvalue weighted by atomic mass is 16.5. The first kappa shape index (κ1) is 56.6. The maximum absolute atomic E-state index is 13.2. The summed E-state index contributed by atoms with van der Waals surface area (Å²) in [5.41, 5.74) is 0. The molecular weight excluding hydrogens is 731 g/mol. The molecule has 0 aromatic rings. The van der Waals surface area contributed by atoms with Gasteiger partial charge in [0.25, 0.3) is 0 Å². The number of amides is 1. The fourth-order valence-corrected chi connectivity index (χ4v) is 7.46. The number of aliphatic hydroxyl groups excluding tert-OH is 2. The summed E-state index contributed by atoms with van der Waals surface area (Å²) < 4.78 is 5.89. The number of nitrogens with one attached hydrogen (secondary N) is 1. The molecule has 0 bridgehead atoms. The van der Waals surface area contributed by atoms with Gasteiger partial charge in [-0.15, -0.1) is 0 Å². The van der Waals surface area contributed by atoms with Crippen LogP contribution in [0.5, 0.6) is 0 Å². The van der Waals surface area contributed by atoms with E-state index < -0.39 is 18.2 Å². The van der Waals surface area contributed by atoms with Crippen molar-refractivity contribution in [3.8, 4) is 0 Å². The van der Waals surface area contributed by atoms with Crippen LogP contribution in [0.3, 0.4) is 0 Å². The van der Waals surface area contributed by atoms with Crippen molar-refractivity contribution < 1.29 is 24.5 Å². The average Bonchev–Trinajstić information content (AvgIpc) is 3.23. The number of allylic oxidation sites excluding steroid dienone is 10. The number of ether oxygens (including phenoxy) is 1. The van der Waals surface area contributed by atoms with Crippen LogP contribution < -0.4 is 5.32 Å². The van der Waals surface area contributed by atoms with Crippen LogP contribution in [-0.2, 0) is 14.3 Å². The number of hydrogen-bond donors (Lipinski definition) is 3. The molecule has 0 rings (SSSR count). The van der Waals surface area contributed by atoms with Gasteiger partial charge in [-0.2, -0.15) is 0 Å². The molecule has 6 heteroatoms. The molecule has 0 heterocycles. The molecule has 6 nitrogen and oxygen atoms in total. The van der Waals surface area contributed by atoms with Gasteiger partial charge in [0, 0.05) is 6.42 Å². The third-order valence-electron chi connectivity index (χ3n) is 11.2. The zero-order valence-electron chi connectivity index (χ0n) is 38.9. The molecule has 0 radical (unpaired) electrons. The molecule has 0 aliphatic carbocycles.